The molecule has 88 valence electrons. The third-order valence-corrected chi connectivity index (χ3v) is 4.54. The van der Waals surface area contributed by atoms with Crippen molar-refractivity contribution in [3.8, 4) is 0 Å². The van der Waals surface area contributed by atoms with Crippen molar-refractivity contribution in [1.29, 1.82) is 0 Å². The average Bonchev–Trinajstić information content (AvgIpc) is 2.70. The molecule has 1 aliphatic rings. The van der Waals surface area contributed by atoms with Gasteiger partial charge in [-0.25, -0.2) is 8.42 Å². The van der Waals surface area contributed by atoms with Gasteiger partial charge in [-0.2, -0.15) is 0 Å². The molecule has 1 fully saturated rings. The first kappa shape index (κ1) is 11.4. The molecule has 1 aromatic rings. The molecule has 16 heavy (non-hydrogen) atoms. The van der Waals surface area contributed by atoms with E-state index in [1.165, 1.54) is 0 Å². The minimum atomic E-state index is -3.32. The summed E-state index contributed by atoms with van der Waals surface area (Å²) in [7, 11) is -3.32. The third kappa shape index (κ3) is 2.36. The molecule has 0 bridgehead atoms. The van der Waals surface area contributed by atoms with Crippen LogP contribution in [0.15, 0.2) is 29.2 Å². The van der Waals surface area contributed by atoms with Crippen LogP contribution in [0.4, 0.5) is 5.69 Å². The van der Waals surface area contributed by atoms with Gasteiger partial charge in [-0.05, 0) is 25.0 Å². The molecule has 1 unspecified atom stereocenters. The van der Waals surface area contributed by atoms with E-state index in [9.17, 15) is 8.42 Å². The second kappa shape index (κ2) is 4.43. The van der Waals surface area contributed by atoms with Gasteiger partial charge in [-0.3, -0.25) is 0 Å². The van der Waals surface area contributed by atoms with Crippen LogP contribution in [0.2, 0.25) is 0 Å². The van der Waals surface area contributed by atoms with Crippen molar-refractivity contribution >= 4 is 15.5 Å². The van der Waals surface area contributed by atoms with Crippen LogP contribution < -0.4 is 5.73 Å². The zero-order valence-electron chi connectivity index (χ0n) is 8.93. The summed E-state index contributed by atoms with van der Waals surface area (Å²) in [5.74, 6) is 0.0290. The summed E-state index contributed by atoms with van der Waals surface area (Å²) in [4.78, 5) is 0.213. The summed E-state index contributed by atoms with van der Waals surface area (Å²) in [6, 6.07) is 6.54. The molecule has 0 amide bonds. The van der Waals surface area contributed by atoms with Gasteiger partial charge in [0, 0.05) is 6.61 Å². The van der Waals surface area contributed by atoms with Crippen LogP contribution in [0.3, 0.4) is 0 Å². The van der Waals surface area contributed by atoms with Crippen LogP contribution in [0, 0.1) is 0 Å². The average molecular weight is 241 g/mol. The normalized spacial score (nSPS) is 21.1. The van der Waals surface area contributed by atoms with Crippen molar-refractivity contribution in [2.75, 3.05) is 18.1 Å². The molecule has 0 radical (unpaired) electrons. The number of ether oxygens (including phenoxy) is 1. The quantitative estimate of drug-likeness (QED) is 0.808. The lowest BCUT2D eigenvalue weighted by Gasteiger charge is -2.11. The molecule has 1 heterocycles. The predicted octanol–water partition coefficient (Wildman–Crippen LogP) is 1.22. The highest BCUT2D eigenvalue weighted by atomic mass is 32.2. The molecule has 0 aliphatic carbocycles. The molecule has 1 aliphatic heterocycles. The highest BCUT2D eigenvalue weighted by molar-refractivity contribution is 7.91. The zero-order chi connectivity index (χ0) is 11.6. The highest BCUT2D eigenvalue weighted by Gasteiger charge is 2.25. The maximum atomic E-state index is 12.0. The van der Waals surface area contributed by atoms with Gasteiger partial charge in [0.25, 0.3) is 0 Å². The van der Waals surface area contributed by atoms with Crippen molar-refractivity contribution in [3.63, 3.8) is 0 Å². The Bertz CT molecular complexity index is 464. The summed E-state index contributed by atoms with van der Waals surface area (Å²) in [6.45, 7) is 0.657. The van der Waals surface area contributed by atoms with Crippen LogP contribution >= 0.6 is 0 Å². The first-order chi connectivity index (χ1) is 7.59. The van der Waals surface area contributed by atoms with Crippen LogP contribution in [-0.4, -0.2) is 26.9 Å². The molecule has 1 saturated heterocycles. The van der Waals surface area contributed by atoms with E-state index in [4.69, 9.17) is 10.5 Å². The summed E-state index contributed by atoms with van der Waals surface area (Å²) >= 11 is 0. The number of hydrogen-bond donors (Lipinski definition) is 1. The maximum absolute atomic E-state index is 12.0. The molecular formula is C11H15NO3S. The van der Waals surface area contributed by atoms with Crippen LogP contribution in [-0.2, 0) is 14.6 Å². The number of hydrogen-bond acceptors (Lipinski definition) is 4. The van der Waals surface area contributed by atoms with E-state index in [0.29, 0.717) is 12.3 Å². The Kier molecular flexibility index (Phi) is 3.16. The maximum Gasteiger partial charge on any atom is 0.182 e. The van der Waals surface area contributed by atoms with Gasteiger partial charge in [0.05, 0.1) is 22.4 Å². The number of benzene rings is 1. The SMILES string of the molecule is Nc1ccccc1S(=O)(=O)CC1CCCO1. The Balaban J connectivity index is 2.21. The van der Waals surface area contributed by atoms with Crippen molar-refractivity contribution in [2.45, 2.75) is 23.8 Å². The monoisotopic (exact) mass is 241 g/mol. The fraction of sp³-hybridized carbons (Fsp3) is 0.455. The van der Waals surface area contributed by atoms with E-state index in [1.807, 2.05) is 0 Å². The first-order valence-corrected chi connectivity index (χ1v) is 6.94. The Labute approximate surface area is 95.3 Å². The second-order valence-corrected chi connectivity index (χ2v) is 5.96. The molecule has 1 aromatic carbocycles. The Morgan fingerprint density at radius 1 is 1.38 bits per heavy atom. The van der Waals surface area contributed by atoms with Gasteiger partial charge >= 0.3 is 0 Å². The molecule has 5 heteroatoms. The Hall–Kier alpha value is -1.07. The standard InChI is InChI=1S/C11H15NO3S/c12-10-5-1-2-6-11(10)16(13,14)8-9-4-3-7-15-9/h1-2,5-6,9H,3-4,7-8,12H2. The highest BCUT2D eigenvalue weighted by Crippen LogP contribution is 2.22. The molecule has 1 atom stereocenters. The van der Waals surface area contributed by atoms with Gasteiger partial charge in [0.15, 0.2) is 9.84 Å². The van der Waals surface area contributed by atoms with Crippen molar-refractivity contribution in [1.82, 2.24) is 0 Å². The number of nitrogen functional groups attached to an aromatic ring is 1. The lowest BCUT2D eigenvalue weighted by Crippen LogP contribution is -2.21. The van der Waals surface area contributed by atoms with Crippen molar-refractivity contribution in [3.05, 3.63) is 24.3 Å². The fourth-order valence-corrected chi connectivity index (χ4v) is 3.52. The number of sulfone groups is 1. The lowest BCUT2D eigenvalue weighted by atomic mass is 10.3. The van der Waals surface area contributed by atoms with E-state index >= 15 is 0 Å². The van der Waals surface area contributed by atoms with Crippen LogP contribution in [0.5, 0.6) is 0 Å². The lowest BCUT2D eigenvalue weighted by molar-refractivity contribution is 0.127. The van der Waals surface area contributed by atoms with E-state index in [-0.39, 0.29) is 16.8 Å². The van der Waals surface area contributed by atoms with E-state index < -0.39 is 9.84 Å². The summed E-state index contributed by atoms with van der Waals surface area (Å²) in [5.41, 5.74) is 5.97. The predicted molar refractivity (Wildman–Crippen MR) is 61.9 cm³/mol. The topological polar surface area (TPSA) is 69.4 Å². The van der Waals surface area contributed by atoms with Gasteiger partial charge in [0.1, 0.15) is 0 Å². The van der Waals surface area contributed by atoms with E-state index in [1.54, 1.807) is 24.3 Å². The molecule has 0 aromatic heterocycles. The smallest absolute Gasteiger partial charge is 0.182 e. The molecule has 2 rings (SSSR count). The van der Waals surface area contributed by atoms with E-state index in [0.717, 1.165) is 12.8 Å². The summed E-state index contributed by atoms with van der Waals surface area (Å²) in [5, 5.41) is 0. The first-order valence-electron chi connectivity index (χ1n) is 5.28. The van der Waals surface area contributed by atoms with Crippen LogP contribution in [0.25, 0.3) is 0 Å². The van der Waals surface area contributed by atoms with Gasteiger partial charge in [-0.15, -0.1) is 0 Å². The van der Waals surface area contributed by atoms with E-state index in [2.05, 4.69) is 0 Å². The molecule has 0 saturated carbocycles. The largest absolute Gasteiger partial charge is 0.398 e. The second-order valence-electron chi connectivity index (χ2n) is 3.95. The molecular weight excluding hydrogens is 226 g/mol. The zero-order valence-corrected chi connectivity index (χ0v) is 9.74. The van der Waals surface area contributed by atoms with Crippen molar-refractivity contribution < 1.29 is 13.2 Å². The van der Waals surface area contributed by atoms with Gasteiger partial charge < -0.3 is 10.5 Å². The molecule has 4 nitrogen and oxygen atoms in total. The summed E-state index contributed by atoms with van der Waals surface area (Å²) < 4.78 is 29.4. The number of para-hydroxylation sites is 1. The van der Waals surface area contributed by atoms with Crippen LogP contribution in [0.1, 0.15) is 12.8 Å². The number of rotatable bonds is 3. The number of nitrogens with two attached hydrogens (primary N) is 1. The minimum Gasteiger partial charge on any atom is -0.398 e. The molecule has 0 spiro atoms. The van der Waals surface area contributed by atoms with Gasteiger partial charge in [0.2, 0.25) is 0 Å². The van der Waals surface area contributed by atoms with Crippen molar-refractivity contribution in [2.24, 2.45) is 0 Å². The van der Waals surface area contributed by atoms with Gasteiger partial charge in [-0.1, -0.05) is 12.1 Å². The molecule has 2 N–H and O–H groups in total. The Morgan fingerprint density at radius 2 is 2.12 bits per heavy atom. The third-order valence-electron chi connectivity index (χ3n) is 2.68. The fourth-order valence-electron chi connectivity index (χ4n) is 1.87. The summed E-state index contributed by atoms with van der Waals surface area (Å²) in [6.07, 6.45) is 1.57. The minimum absolute atomic E-state index is 0.0290. The Morgan fingerprint density at radius 3 is 2.75 bits per heavy atom. The number of anilines is 1.